The van der Waals surface area contributed by atoms with Gasteiger partial charge in [0.25, 0.3) is 0 Å². The second-order valence-corrected chi connectivity index (χ2v) is 26.6. The molecule has 560 valence electrons. The van der Waals surface area contributed by atoms with Crippen LogP contribution in [0.4, 0.5) is 39.5 Å². The van der Waals surface area contributed by atoms with Crippen LogP contribution in [-0.4, -0.2) is 78.2 Å². The first kappa shape index (κ1) is 83.3. The Labute approximate surface area is 606 Å². The molecule has 0 saturated heterocycles. The van der Waals surface area contributed by atoms with Gasteiger partial charge in [-0.2, -0.15) is 39.5 Å². The van der Waals surface area contributed by atoms with Gasteiger partial charge in [-0.15, -0.1) is 45.0 Å². The maximum Gasteiger partial charge on any atom is 0.416 e. The van der Waals surface area contributed by atoms with Gasteiger partial charge in [-0.25, -0.2) is 14.4 Å². The third-order valence-electron chi connectivity index (χ3n) is 16.0. The quantitative estimate of drug-likeness (QED) is 0.0810. The number of fused-ring (bicyclic) bond motifs is 3. The lowest BCUT2D eigenvalue weighted by molar-refractivity contribution is -0.146. The fraction of sp³-hybridized carbons (Fsp3) is 0.278. The summed E-state index contributed by atoms with van der Waals surface area (Å²) in [6.45, 7) is 18.3. The van der Waals surface area contributed by atoms with Gasteiger partial charge in [0, 0.05) is 16.7 Å². The second-order valence-electron chi connectivity index (χ2n) is 26.6. The molecule has 3 atom stereocenters. The standard InChI is InChI=1S/3C25H22F3N3O3.4CH4/c3*1-24(2,3)17-12-13-21(20(14-17)31-29-18-6-4-5-7-19(18)30-31)34-22(23(32)33)15-8-10-16(11-9-15)25(26,27)28;;;;/h3*4-14,22H,1-3H3,(H,32,33);4*1H4. The lowest BCUT2D eigenvalue weighted by Crippen LogP contribution is -2.20. The summed E-state index contributed by atoms with van der Waals surface area (Å²) in [4.78, 5) is 40.2. The molecule has 12 aromatic rings. The van der Waals surface area contributed by atoms with Crippen LogP contribution in [-0.2, 0) is 49.2 Å². The predicted octanol–water partition coefficient (Wildman–Crippen LogP) is 20.4. The highest BCUT2D eigenvalue weighted by atomic mass is 19.4. The van der Waals surface area contributed by atoms with E-state index in [4.69, 9.17) is 14.2 Å². The lowest BCUT2D eigenvalue weighted by atomic mass is 9.87. The molecule has 106 heavy (non-hydrogen) atoms. The Morgan fingerprint density at radius 1 is 0.302 bits per heavy atom. The lowest BCUT2D eigenvalue weighted by Gasteiger charge is -2.22. The third kappa shape index (κ3) is 19.6. The molecule has 0 aliphatic heterocycles. The van der Waals surface area contributed by atoms with E-state index in [1.165, 1.54) is 14.4 Å². The smallest absolute Gasteiger partial charge is 0.416 e. The van der Waals surface area contributed by atoms with E-state index < -0.39 is 71.4 Å². The number of halogens is 9. The summed E-state index contributed by atoms with van der Waals surface area (Å²) in [6.07, 6.45) is -18.2. The van der Waals surface area contributed by atoms with E-state index in [0.717, 1.165) is 89.5 Å². The van der Waals surface area contributed by atoms with Crippen LogP contribution in [0.5, 0.6) is 17.2 Å². The molecular formula is C79H82F9N9O9. The van der Waals surface area contributed by atoms with E-state index in [2.05, 4.69) is 30.6 Å². The molecule has 0 radical (unpaired) electrons. The Morgan fingerprint density at radius 3 is 0.642 bits per heavy atom. The number of carboxylic acid groups (broad SMARTS) is 3. The highest BCUT2D eigenvalue weighted by Gasteiger charge is 2.36. The Bertz CT molecular complexity index is 4420. The van der Waals surface area contributed by atoms with Crippen molar-refractivity contribution >= 4 is 51.0 Å². The third-order valence-corrected chi connectivity index (χ3v) is 16.0. The van der Waals surface area contributed by atoms with Gasteiger partial charge in [0.1, 0.15) is 67.4 Å². The average molecular weight is 1470 g/mol. The Hall–Kier alpha value is -11.6. The predicted molar refractivity (Wildman–Crippen MR) is 387 cm³/mol. The molecule has 0 aliphatic carbocycles. The summed E-state index contributed by atoms with van der Waals surface area (Å²) in [5, 5.41) is 56.3. The molecule has 3 aromatic heterocycles. The maximum atomic E-state index is 12.9. The van der Waals surface area contributed by atoms with E-state index in [1.54, 1.807) is 54.6 Å². The van der Waals surface area contributed by atoms with E-state index in [0.29, 0.717) is 50.2 Å². The number of rotatable bonds is 15. The van der Waals surface area contributed by atoms with Gasteiger partial charge >= 0.3 is 36.4 Å². The minimum atomic E-state index is -4.53. The molecule has 3 N–H and O–H groups in total. The van der Waals surface area contributed by atoms with Crippen molar-refractivity contribution in [3.63, 3.8) is 0 Å². The minimum absolute atomic E-state index is 0. The van der Waals surface area contributed by atoms with E-state index in [9.17, 15) is 69.2 Å². The van der Waals surface area contributed by atoms with Crippen LogP contribution in [0.15, 0.2) is 200 Å². The molecule has 12 rings (SSSR count). The molecular weight excluding hydrogens is 1390 g/mol. The SMILES string of the molecule is C.C.C.C.CC(C)(C)c1ccc(OC(C(=O)O)c2ccc(C(F)(F)F)cc2)c(-n2nc3ccccc3n2)c1.CC(C)(C)c1ccc(OC(C(=O)O)c2ccc(C(F)(F)F)cc2)c(-n2nc3ccccc3n2)c1.CC(C)(C)c1ccc(OC(C(=O)O)c2ccc(C(F)(F)F)cc2)c(-n2nc3ccccc3n2)c1. The second kappa shape index (κ2) is 32.6. The summed E-state index contributed by atoms with van der Waals surface area (Å²) in [5.41, 5.74) is 4.89. The van der Waals surface area contributed by atoms with Crippen LogP contribution < -0.4 is 14.2 Å². The number of carbonyl (C=O) groups is 3. The van der Waals surface area contributed by atoms with Gasteiger partial charge in [-0.05, 0) is 142 Å². The van der Waals surface area contributed by atoms with Crippen molar-refractivity contribution in [3.05, 3.63) is 250 Å². The topological polar surface area (TPSA) is 232 Å². The van der Waals surface area contributed by atoms with E-state index in [-0.39, 0.29) is 79.9 Å². The number of hydrogen-bond donors (Lipinski definition) is 3. The molecule has 0 saturated carbocycles. The minimum Gasteiger partial charge on any atom is -0.478 e. The van der Waals surface area contributed by atoms with Crippen molar-refractivity contribution in [2.45, 2.75) is 145 Å². The molecule has 0 amide bonds. The van der Waals surface area contributed by atoms with Gasteiger partial charge in [-0.3, -0.25) is 0 Å². The maximum absolute atomic E-state index is 12.9. The van der Waals surface area contributed by atoms with Crippen molar-refractivity contribution in [3.8, 4) is 34.3 Å². The zero-order valence-electron chi connectivity index (χ0n) is 56.0. The Kier molecular flexibility index (Phi) is 25.6. The number of aromatic nitrogens is 9. The number of carboxylic acids is 3. The summed E-state index contributed by atoms with van der Waals surface area (Å²) in [5.74, 6) is -3.49. The fourth-order valence-corrected chi connectivity index (χ4v) is 10.3. The molecule has 0 spiro atoms. The molecule has 3 heterocycles. The number of aliphatic carboxylic acids is 3. The zero-order chi connectivity index (χ0) is 74.0. The number of nitrogens with zero attached hydrogens (tertiary/aromatic N) is 9. The Morgan fingerprint density at radius 2 is 0.481 bits per heavy atom. The number of alkyl halides is 9. The first-order chi connectivity index (χ1) is 47.8. The monoisotopic (exact) mass is 1470 g/mol. The average Bonchev–Trinajstić information content (AvgIpc) is 1.56. The first-order valence-corrected chi connectivity index (χ1v) is 31.4. The highest BCUT2D eigenvalue weighted by molar-refractivity contribution is 5.79. The van der Waals surface area contributed by atoms with Gasteiger partial charge in [-0.1, -0.05) is 183 Å². The van der Waals surface area contributed by atoms with E-state index >= 15 is 0 Å². The van der Waals surface area contributed by atoms with Gasteiger partial charge in [0.05, 0.1) is 16.7 Å². The van der Waals surface area contributed by atoms with Crippen LogP contribution in [0.1, 0.15) is 160 Å². The van der Waals surface area contributed by atoms with Gasteiger partial charge in [0.15, 0.2) is 0 Å². The molecule has 27 heteroatoms. The number of benzene rings is 9. The summed E-state index contributed by atoms with van der Waals surface area (Å²) >= 11 is 0. The largest absolute Gasteiger partial charge is 0.478 e. The Balaban J connectivity index is 0.000000244. The van der Waals surface area contributed by atoms with Crippen LogP contribution in [0.2, 0.25) is 0 Å². The summed E-state index contributed by atoms with van der Waals surface area (Å²) in [7, 11) is 0. The van der Waals surface area contributed by atoms with Crippen LogP contribution in [0, 0.1) is 0 Å². The normalized spacial score (nSPS) is 12.6. The van der Waals surface area contributed by atoms with Gasteiger partial charge in [0.2, 0.25) is 18.3 Å². The number of hydrogen-bond acceptors (Lipinski definition) is 12. The molecule has 0 fully saturated rings. The first-order valence-electron chi connectivity index (χ1n) is 31.4. The van der Waals surface area contributed by atoms with Gasteiger partial charge < -0.3 is 29.5 Å². The van der Waals surface area contributed by atoms with Crippen molar-refractivity contribution in [2.75, 3.05) is 0 Å². The molecule has 0 aliphatic rings. The van der Waals surface area contributed by atoms with E-state index in [1.807, 2.05) is 135 Å². The van der Waals surface area contributed by atoms with Crippen LogP contribution in [0.25, 0.3) is 50.2 Å². The van der Waals surface area contributed by atoms with Crippen molar-refractivity contribution in [1.82, 2.24) is 45.0 Å². The molecule has 0 bridgehead atoms. The summed E-state index contributed by atoms with van der Waals surface area (Å²) in [6, 6.07) is 49.2. The zero-order valence-corrected chi connectivity index (χ0v) is 56.0. The van der Waals surface area contributed by atoms with Crippen molar-refractivity contribution in [2.24, 2.45) is 0 Å². The van der Waals surface area contributed by atoms with Crippen LogP contribution >= 0.6 is 0 Å². The summed E-state index contributed by atoms with van der Waals surface area (Å²) < 4.78 is 134. The van der Waals surface area contributed by atoms with Crippen molar-refractivity contribution in [1.29, 1.82) is 0 Å². The van der Waals surface area contributed by atoms with Crippen molar-refractivity contribution < 1.29 is 83.4 Å². The molecule has 9 aromatic carbocycles. The number of ether oxygens (including phenoxy) is 3. The highest BCUT2D eigenvalue weighted by Crippen LogP contribution is 2.40. The molecule has 18 nitrogen and oxygen atoms in total. The fourth-order valence-electron chi connectivity index (χ4n) is 10.3. The molecule has 3 unspecified atom stereocenters. The van der Waals surface area contributed by atoms with Crippen LogP contribution in [0.3, 0.4) is 0 Å².